The van der Waals surface area contributed by atoms with Gasteiger partial charge in [0.25, 0.3) is 3.41 Å². The van der Waals surface area contributed by atoms with Gasteiger partial charge in [0.15, 0.2) is 39.3 Å². The molecule has 0 aliphatic carbocycles. The number of sulfone groups is 4. The van der Waals surface area contributed by atoms with E-state index in [1.165, 1.54) is 0 Å². The molecule has 0 heterocycles. The van der Waals surface area contributed by atoms with Gasteiger partial charge in [0.1, 0.15) is 23.0 Å². The Labute approximate surface area is 183 Å². The predicted molar refractivity (Wildman–Crippen MR) is 87.0 cm³/mol. The molecule has 0 atom stereocenters. The SMILES string of the molecule is O=S(=O)(CC(F)(F)F)CC(S(=O)(=O)CC(F)(F)F)(S(=O)(=O)CC(F)(F)F)S(=O)(=O)CC(F)(F)F. The summed E-state index contributed by atoms with van der Waals surface area (Å²) in [5, 5.41) is 0. The van der Waals surface area contributed by atoms with Crippen molar-refractivity contribution in [3.05, 3.63) is 0 Å². The number of hydrogen-bond acceptors (Lipinski definition) is 8. The highest BCUT2D eigenvalue weighted by Crippen LogP contribution is 2.42. The smallest absolute Gasteiger partial charge is 0.228 e. The highest BCUT2D eigenvalue weighted by Gasteiger charge is 2.71. The molecule has 34 heavy (non-hydrogen) atoms. The molecule has 8 nitrogen and oxygen atoms in total. The third-order valence-corrected chi connectivity index (χ3v) is 15.4. The lowest BCUT2D eigenvalue weighted by molar-refractivity contribution is -0.108. The van der Waals surface area contributed by atoms with Gasteiger partial charge in [0.05, 0.1) is 5.75 Å². The van der Waals surface area contributed by atoms with Gasteiger partial charge in [0, 0.05) is 0 Å². The molecule has 0 spiro atoms. The molecule has 0 saturated carbocycles. The molecule has 0 amide bonds. The van der Waals surface area contributed by atoms with Crippen molar-refractivity contribution >= 4 is 39.3 Å². The van der Waals surface area contributed by atoms with Crippen LogP contribution in [0, 0.1) is 0 Å². The molecule has 0 aliphatic rings. The van der Waals surface area contributed by atoms with Gasteiger partial charge in [-0.1, -0.05) is 0 Å². The zero-order valence-electron chi connectivity index (χ0n) is 15.5. The summed E-state index contributed by atoms with van der Waals surface area (Å²) in [6.45, 7) is 0. The van der Waals surface area contributed by atoms with Crippen molar-refractivity contribution in [2.45, 2.75) is 28.1 Å². The van der Waals surface area contributed by atoms with Crippen molar-refractivity contribution in [1.82, 2.24) is 0 Å². The molecule has 0 unspecified atom stereocenters. The summed E-state index contributed by atoms with van der Waals surface area (Å²) in [4.78, 5) is 0. The molecule has 0 N–H and O–H groups in total. The fraction of sp³-hybridized carbons (Fsp3) is 1.00. The van der Waals surface area contributed by atoms with Crippen LogP contribution in [-0.2, 0) is 39.3 Å². The number of rotatable bonds is 9. The van der Waals surface area contributed by atoms with Crippen LogP contribution in [0.25, 0.3) is 0 Å². The Morgan fingerprint density at radius 3 is 0.735 bits per heavy atom. The lowest BCUT2D eigenvalue weighted by Gasteiger charge is -2.33. The molecule has 0 aliphatic heterocycles. The van der Waals surface area contributed by atoms with E-state index < -0.39 is 96.2 Å². The normalized spacial score (nSPS) is 16.0. The van der Waals surface area contributed by atoms with Crippen LogP contribution in [-0.4, -0.2) is 90.6 Å². The first kappa shape index (κ1) is 33.0. The highest BCUT2D eigenvalue weighted by atomic mass is 32.3. The van der Waals surface area contributed by atoms with Gasteiger partial charge in [-0.25, -0.2) is 33.7 Å². The van der Waals surface area contributed by atoms with Gasteiger partial charge < -0.3 is 0 Å². The molecule has 0 bridgehead atoms. The van der Waals surface area contributed by atoms with Crippen LogP contribution in [0.3, 0.4) is 0 Å². The van der Waals surface area contributed by atoms with Crippen molar-refractivity contribution in [3.63, 3.8) is 0 Å². The van der Waals surface area contributed by atoms with Crippen LogP contribution < -0.4 is 0 Å². The molecule has 0 radical (unpaired) electrons. The quantitative estimate of drug-likeness (QED) is 0.357. The minimum atomic E-state index is -7.54. The van der Waals surface area contributed by atoms with E-state index >= 15 is 0 Å². The standard InChI is InChI=1S/C10H10F12O8S4/c11-6(12,13)1-31(23,24)5-10(32(25,26)2-7(14,15)16,33(27,28)3-8(17,18)19)34(29,30)4-9(20,21)22/h1-5H2. The van der Waals surface area contributed by atoms with Gasteiger partial charge in [-0.15, -0.1) is 0 Å². The van der Waals surface area contributed by atoms with E-state index in [1.807, 2.05) is 0 Å². The lowest BCUT2D eigenvalue weighted by atomic mass is 10.8. The van der Waals surface area contributed by atoms with E-state index in [4.69, 9.17) is 0 Å². The third kappa shape index (κ3) is 8.87. The zero-order chi connectivity index (χ0) is 28.0. The van der Waals surface area contributed by atoms with E-state index in [9.17, 15) is 86.4 Å². The summed E-state index contributed by atoms with van der Waals surface area (Å²) < 4.78 is 242. The Hall–Kier alpha value is -1.04. The van der Waals surface area contributed by atoms with Crippen LogP contribution in [0.5, 0.6) is 0 Å². The summed E-state index contributed by atoms with van der Waals surface area (Å²) in [7, 11) is -29.3. The molecule has 206 valence electrons. The van der Waals surface area contributed by atoms with Gasteiger partial charge in [-0.05, 0) is 0 Å². The fourth-order valence-corrected chi connectivity index (χ4v) is 15.0. The van der Waals surface area contributed by atoms with Gasteiger partial charge in [0.2, 0.25) is 0 Å². The summed E-state index contributed by atoms with van der Waals surface area (Å²) in [6, 6.07) is 0. The largest absolute Gasteiger partial charge is 0.402 e. The van der Waals surface area contributed by atoms with Crippen LogP contribution in [0.1, 0.15) is 0 Å². The second-order valence-corrected chi connectivity index (χ2v) is 15.9. The van der Waals surface area contributed by atoms with E-state index in [1.54, 1.807) is 0 Å². The summed E-state index contributed by atoms with van der Waals surface area (Å²) in [6.07, 6.45) is -24.9. The van der Waals surface area contributed by atoms with Crippen LogP contribution in [0.2, 0.25) is 0 Å². The van der Waals surface area contributed by atoms with Gasteiger partial charge in [-0.3, -0.25) is 0 Å². The molecular formula is C10H10F12O8S4. The average Bonchev–Trinajstić information content (AvgIpc) is 2.32. The van der Waals surface area contributed by atoms with E-state index in [0.29, 0.717) is 0 Å². The first-order valence-electron chi connectivity index (χ1n) is 7.42. The zero-order valence-corrected chi connectivity index (χ0v) is 18.7. The predicted octanol–water partition coefficient (Wildman–Crippen LogP) is 1.55. The Kier molecular flexibility index (Phi) is 8.84. The Balaban J connectivity index is 7.86. The maximum atomic E-state index is 12.7. The number of halogens is 12. The second kappa shape index (κ2) is 9.12. The maximum Gasteiger partial charge on any atom is 0.402 e. The number of hydrogen-bond donors (Lipinski definition) is 0. The van der Waals surface area contributed by atoms with Crippen LogP contribution in [0.15, 0.2) is 0 Å². The highest BCUT2D eigenvalue weighted by molar-refractivity contribution is 8.26. The molecule has 0 aromatic rings. The monoisotopic (exact) mass is 614 g/mol. The molecule has 24 heteroatoms. The Morgan fingerprint density at radius 1 is 0.353 bits per heavy atom. The van der Waals surface area contributed by atoms with Gasteiger partial charge in [-0.2, -0.15) is 52.7 Å². The molecule has 0 fully saturated rings. The van der Waals surface area contributed by atoms with Crippen molar-refractivity contribution in [1.29, 1.82) is 0 Å². The second-order valence-electron chi connectivity index (χ2n) is 6.45. The first-order valence-corrected chi connectivity index (χ1v) is 14.2. The fourth-order valence-electron chi connectivity index (χ4n) is 2.40. The first-order chi connectivity index (χ1) is 14.3. The average molecular weight is 614 g/mol. The maximum absolute atomic E-state index is 12.7. The third-order valence-electron chi connectivity index (χ3n) is 3.26. The van der Waals surface area contributed by atoms with E-state index in [0.717, 1.165) is 0 Å². The molecule has 0 aromatic heterocycles. The van der Waals surface area contributed by atoms with E-state index in [2.05, 4.69) is 0 Å². The molecule has 0 saturated heterocycles. The van der Waals surface area contributed by atoms with E-state index in [-0.39, 0.29) is 0 Å². The number of alkyl halides is 12. The van der Waals surface area contributed by atoms with Crippen molar-refractivity contribution < 1.29 is 86.4 Å². The van der Waals surface area contributed by atoms with Crippen LogP contribution >= 0.6 is 0 Å². The molecule has 0 rings (SSSR count). The summed E-state index contributed by atoms with van der Waals surface area (Å²) in [5.41, 5.74) is 0. The summed E-state index contributed by atoms with van der Waals surface area (Å²) in [5.74, 6) is -18.6. The topological polar surface area (TPSA) is 137 Å². The van der Waals surface area contributed by atoms with Crippen molar-refractivity contribution in [2.24, 2.45) is 0 Å². The molecule has 0 aromatic carbocycles. The minimum absolute atomic E-state index is 3.41. The van der Waals surface area contributed by atoms with Crippen molar-refractivity contribution in [3.8, 4) is 0 Å². The minimum Gasteiger partial charge on any atom is -0.228 e. The summed E-state index contributed by atoms with van der Waals surface area (Å²) >= 11 is 0. The molecular weight excluding hydrogens is 604 g/mol. The Morgan fingerprint density at radius 2 is 0.559 bits per heavy atom. The lowest BCUT2D eigenvalue weighted by Crippen LogP contribution is -2.62. The van der Waals surface area contributed by atoms with Crippen LogP contribution in [0.4, 0.5) is 52.7 Å². The van der Waals surface area contributed by atoms with Crippen molar-refractivity contribution in [2.75, 3.05) is 28.8 Å². The van der Waals surface area contributed by atoms with Gasteiger partial charge >= 0.3 is 24.7 Å². The Bertz CT molecular complexity index is 1060.